The molecule has 5 nitrogen and oxygen atoms in total. The van der Waals surface area contributed by atoms with Gasteiger partial charge in [0.05, 0.1) is 24.9 Å². The van der Waals surface area contributed by atoms with Crippen LogP contribution in [0.3, 0.4) is 0 Å². The Hall–Kier alpha value is -1.54. The summed E-state index contributed by atoms with van der Waals surface area (Å²) in [5.41, 5.74) is 0.675. The van der Waals surface area contributed by atoms with Crippen LogP contribution in [0, 0.1) is 17.2 Å². The molecule has 0 aromatic carbocycles. The van der Waals surface area contributed by atoms with E-state index in [0.717, 1.165) is 13.1 Å². The second kappa shape index (κ2) is 4.54. The normalized spacial score (nSPS) is 26.4. The SMILES string of the molecule is CC1CC(C#N)=C(N2CCOCC2)NC1=O. The van der Waals surface area contributed by atoms with E-state index in [1.165, 1.54) is 0 Å². The summed E-state index contributed by atoms with van der Waals surface area (Å²) in [6.45, 7) is 4.59. The minimum atomic E-state index is -0.112. The Labute approximate surface area is 94.7 Å². The monoisotopic (exact) mass is 221 g/mol. The highest BCUT2D eigenvalue weighted by atomic mass is 16.5. The maximum atomic E-state index is 11.6. The van der Waals surface area contributed by atoms with Gasteiger partial charge in [-0.05, 0) is 6.42 Å². The summed E-state index contributed by atoms with van der Waals surface area (Å²) in [5.74, 6) is 0.578. The van der Waals surface area contributed by atoms with Crippen molar-refractivity contribution in [3.05, 3.63) is 11.4 Å². The van der Waals surface area contributed by atoms with E-state index < -0.39 is 0 Å². The van der Waals surface area contributed by atoms with Gasteiger partial charge in [0.15, 0.2) is 0 Å². The first-order chi connectivity index (χ1) is 7.72. The molecule has 1 N–H and O–H groups in total. The molecule has 16 heavy (non-hydrogen) atoms. The van der Waals surface area contributed by atoms with Gasteiger partial charge in [-0.1, -0.05) is 6.92 Å². The van der Waals surface area contributed by atoms with Gasteiger partial charge >= 0.3 is 0 Å². The Morgan fingerprint density at radius 3 is 2.81 bits per heavy atom. The quantitative estimate of drug-likeness (QED) is 0.687. The van der Waals surface area contributed by atoms with Gasteiger partial charge in [0.25, 0.3) is 0 Å². The first kappa shape index (κ1) is 11.0. The Morgan fingerprint density at radius 1 is 1.50 bits per heavy atom. The third kappa shape index (κ3) is 2.02. The van der Waals surface area contributed by atoms with Crippen LogP contribution < -0.4 is 5.32 Å². The molecule has 1 saturated heterocycles. The number of hydrogen-bond donors (Lipinski definition) is 1. The van der Waals surface area contributed by atoms with E-state index in [-0.39, 0.29) is 11.8 Å². The van der Waals surface area contributed by atoms with Crippen LogP contribution in [0.4, 0.5) is 0 Å². The molecule has 0 radical (unpaired) electrons. The molecule has 2 aliphatic rings. The maximum Gasteiger partial charge on any atom is 0.228 e. The lowest BCUT2D eigenvalue weighted by molar-refractivity contribution is -0.125. The summed E-state index contributed by atoms with van der Waals surface area (Å²) in [4.78, 5) is 13.6. The number of amides is 1. The average Bonchev–Trinajstić information content (AvgIpc) is 2.33. The van der Waals surface area contributed by atoms with Crippen LogP contribution in [-0.4, -0.2) is 37.1 Å². The molecule has 1 amide bonds. The standard InChI is InChI=1S/C11H15N3O2/c1-8-6-9(7-12)10(13-11(8)15)14-2-4-16-5-3-14/h8H,2-6H2,1H3,(H,13,15). The van der Waals surface area contributed by atoms with Crippen molar-refractivity contribution in [2.24, 2.45) is 5.92 Å². The number of morpholine rings is 1. The summed E-state index contributed by atoms with van der Waals surface area (Å²) in [6, 6.07) is 2.18. The fraction of sp³-hybridized carbons (Fsp3) is 0.636. The van der Waals surface area contributed by atoms with Crippen LogP contribution in [0.15, 0.2) is 11.4 Å². The van der Waals surface area contributed by atoms with Crippen LogP contribution in [-0.2, 0) is 9.53 Å². The molecule has 2 aliphatic heterocycles. The van der Waals surface area contributed by atoms with Gasteiger partial charge in [-0.15, -0.1) is 0 Å². The van der Waals surface area contributed by atoms with Crippen molar-refractivity contribution in [1.29, 1.82) is 5.26 Å². The lowest BCUT2D eigenvalue weighted by atomic mass is 9.97. The molecular formula is C11H15N3O2. The largest absolute Gasteiger partial charge is 0.378 e. The van der Waals surface area contributed by atoms with Crippen LogP contribution in [0.2, 0.25) is 0 Å². The Balaban J connectivity index is 2.21. The highest BCUT2D eigenvalue weighted by molar-refractivity contribution is 5.82. The van der Waals surface area contributed by atoms with Crippen molar-refractivity contribution in [2.45, 2.75) is 13.3 Å². The van der Waals surface area contributed by atoms with Crippen molar-refractivity contribution in [1.82, 2.24) is 10.2 Å². The number of rotatable bonds is 1. The fourth-order valence-electron chi connectivity index (χ4n) is 1.97. The summed E-state index contributed by atoms with van der Waals surface area (Å²) >= 11 is 0. The number of nitriles is 1. The van der Waals surface area contributed by atoms with E-state index in [1.807, 2.05) is 11.8 Å². The number of carbonyl (C=O) groups excluding carboxylic acids is 1. The van der Waals surface area contributed by atoms with Crippen molar-refractivity contribution in [3.63, 3.8) is 0 Å². The maximum absolute atomic E-state index is 11.6. The van der Waals surface area contributed by atoms with E-state index in [0.29, 0.717) is 31.0 Å². The van der Waals surface area contributed by atoms with Crippen molar-refractivity contribution < 1.29 is 9.53 Å². The fourth-order valence-corrected chi connectivity index (χ4v) is 1.97. The molecule has 0 bridgehead atoms. The minimum Gasteiger partial charge on any atom is -0.378 e. The number of nitrogens with one attached hydrogen (secondary N) is 1. The third-order valence-corrected chi connectivity index (χ3v) is 2.95. The van der Waals surface area contributed by atoms with Gasteiger partial charge in [-0.25, -0.2) is 0 Å². The first-order valence-electron chi connectivity index (χ1n) is 5.49. The third-order valence-electron chi connectivity index (χ3n) is 2.95. The van der Waals surface area contributed by atoms with E-state index in [2.05, 4.69) is 11.4 Å². The summed E-state index contributed by atoms with van der Waals surface area (Å²) in [6.07, 6.45) is 0.537. The van der Waals surface area contributed by atoms with E-state index in [4.69, 9.17) is 10.00 Å². The zero-order valence-electron chi connectivity index (χ0n) is 9.32. The minimum absolute atomic E-state index is 0.000455. The average molecular weight is 221 g/mol. The van der Waals surface area contributed by atoms with Crippen molar-refractivity contribution in [3.8, 4) is 6.07 Å². The molecule has 0 spiro atoms. The van der Waals surface area contributed by atoms with Gasteiger partial charge in [-0.3, -0.25) is 4.79 Å². The van der Waals surface area contributed by atoms with Gasteiger partial charge in [-0.2, -0.15) is 5.26 Å². The Bertz CT molecular complexity index is 364. The van der Waals surface area contributed by atoms with Gasteiger partial charge in [0, 0.05) is 19.0 Å². The number of hydrogen-bond acceptors (Lipinski definition) is 4. The smallest absolute Gasteiger partial charge is 0.228 e. The highest BCUT2D eigenvalue weighted by Gasteiger charge is 2.28. The molecule has 86 valence electrons. The van der Waals surface area contributed by atoms with Crippen LogP contribution >= 0.6 is 0 Å². The number of allylic oxidation sites excluding steroid dienone is 1. The lowest BCUT2D eigenvalue weighted by Crippen LogP contribution is -2.46. The lowest BCUT2D eigenvalue weighted by Gasteiger charge is -2.34. The number of nitrogens with zero attached hydrogens (tertiary/aromatic N) is 2. The summed E-state index contributed by atoms with van der Waals surface area (Å²) < 4.78 is 5.25. The van der Waals surface area contributed by atoms with Gasteiger partial charge in [0.2, 0.25) is 5.91 Å². The van der Waals surface area contributed by atoms with Gasteiger partial charge < -0.3 is 15.0 Å². The molecule has 2 heterocycles. The zero-order valence-corrected chi connectivity index (χ0v) is 9.32. The van der Waals surface area contributed by atoms with E-state index >= 15 is 0 Å². The molecule has 2 rings (SSSR count). The molecular weight excluding hydrogens is 206 g/mol. The molecule has 0 aliphatic carbocycles. The van der Waals surface area contributed by atoms with Crippen LogP contribution in [0.1, 0.15) is 13.3 Å². The highest BCUT2D eigenvalue weighted by Crippen LogP contribution is 2.22. The van der Waals surface area contributed by atoms with E-state index in [9.17, 15) is 4.79 Å². The molecule has 0 aromatic rings. The van der Waals surface area contributed by atoms with Crippen molar-refractivity contribution >= 4 is 5.91 Å². The number of ether oxygens (including phenoxy) is 1. The van der Waals surface area contributed by atoms with Crippen LogP contribution in [0.5, 0.6) is 0 Å². The summed E-state index contributed by atoms with van der Waals surface area (Å²) in [5, 5.41) is 11.9. The second-order valence-corrected chi connectivity index (χ2v) is 4.13. The Kier molecular flexibility index (Phi) is 3.11. The molecule has 1 atom stereocenters. The zero-order chi connectivity index (χ0) is 11.5. The Morgan fingerprint density at radius 2 is 2.19 bits per heavy atom. The molecule has 0 saturated carbocycles. The van der Waals surface area contributed by atoms with Crippen LogP contribution in [0.25, 0.3) is 0 Å². The second-order valence-electron chi connectivity index (χ2n) is 4.13. The van der Waals surface area contributed by atoms with E-state index in [1.54, 1.807) is 0 Å². The molecule has 0 aromatic heterocycles. The predicted octanol–water partition coefficient (Wildman–Crippen LogP) is 0.210. The number of carbonyl (C=O) groups is 1. The molecule has 5 heteroatoms. The molecule has 1 fully saturated rings. The predicted molar refractivity (Wildman–Crippen MR) is 57.0 cm³/mol. The summed E-state index contributed by atoms with van der Waals surface area (Å²) in [7, 11) is 0. The van der Waals surface area contributed by atoms with Crippen molar-refractivity contribution in [2.75, 3.05) is 26.3 Å². The topological polar surface area (TPSA) is 65.4 Å². The molecule has 1 unspecified atom stereocenters. The van der Waals surface area contributed by atoms with Gasteiger partial charge in [0.1, 0.15) is 5.82 Å². The first-order valence-corrected chi connectivity index (χ1v) is 5.49.